The lowest BCUT2D eigenvalue weighted by Gasteiger charge is -2.48. The average Bonchev–Trinajstić information content (AvgIpc) is 2.82. The van der Waals surface area contributed by atoms with Crippen molar-refractivity contribution in [3.05, 3.63) is 84.4 Å². The topological polar surface area (TPSA) is 80.3 Å². The molecule has 0 saturated carbocycles. The number of fused-ring (bicyclic) bond motifs is 1. The van der Waals surface area contributed by atoms with Gasteiger partial charge in [-0.2, -0.15) is 8.42 Å². The number of ether oxygens (including phenoxy) is 4. The maximum Gasteiger partial charge on any atom is 0.264 e. The lowest BCUT2D eigenvalue weighted by Crippen LogP contribution is -2.62. The quantitative estimate of drug-likeness (QED) is 0.388. The Morgan fingerprint density at radius 1 is 1.06 bits per heavy atom. The minimum Gasteiger partial charge on any atom is -0.368 e. The van der Waals surface area contributed by atoms with Gasteiger partial charge in [-0.05, 0) is 5.56 Å². The lowest BCUT2D eigenvalue weighted by atomic mass is 9.98. The molecule has 2 saturated heterocycles. The van der Waals surface area contributed by atoms with E-state index < -0.39 is 46.3 Å². The molecule has 2 aromatic rings. The largest absolute Gasteiger partial charge is 0.368 e. The van der Waals surface area contributed by atoms with E-state index in [4.69, 9.17) is 23.1 Å². The fourth-order valence-electron chi connectivity index (χ4n) is 3.88. The van der Waals surface area contributed by atoms with E-state index in [1.54, 1.807) is 6.08 Å². The van der Waals surface area contributed by atoms with Crippen LogP contribution in [0.4, 0.5) is 0 Å². The van der Waals surface area contributed by atoms with E-state index in [1.807, 2.05) is 60.7 Å². The summed E-state index contributed by atoms with van der Waals surface area (Å²) in [5.74, 6) is 0.561. The van der Waals surface area contributed by atoms with E-state index >= 15 is 0 Å². The first kappa shape index (κ1) is 24.4. The van der Waals surface area contributed by atoms with Crippen molar-refractivity contribution in [2.45, 2.75) is 42.7 Å². The Hall–Kier alpha value is -1.72. The Kier molecular flexibility index (Phi) is 8.24. The highest BCUT2D eigenvalue weighted by atomic mass is 32.2. The Morgan fingerprint density at radius 3 is 2.42 bits per heavy atom. The summed E-state index contributed by atoms with van der Waals surface area (Å²) in [6.07, 6.45) is -0.472. The van der Waals surface area contributed by atoms with Gasteiger partial charge in [0.1, 0.15) is 29.9 Å². The van der Waals surface area contributed by atoms with E-state index in [-0.39, 0.29) is 13.2 Å². The molecule has 0 amide bonds. The fraction of sp³-hybridized carbons (Fsp3) is 0.417. The van der Waals surface area contributed by atoms with Crippen LogP contribution in [0, 0.1) is 0 Å². The molecule has 0 N–H and O–H groups in total. The van der Waals surface area contributed by atoms with Gasteiger partial charge in [0.25, 0.3) is 10.1 Å². The van der Waals surface area contributed by atoms with Gasteiger partial charge in [0.15, 0.2) is 6.29 Å². The number of hydrogen-bond acceptors (Lipinski definition) is 8. The van der Waals surface area contributed by atoms with Gasteiger partial charge < -0.3 is 18.9 Å². The van der Waals surface area contributed by atoms with Crippen LogP contribution in [0.5, 0.6) is 0 Å². The monoisotopic (exact) mass is 492 g/mol. The molecule has 0 bridgehead atoms. The van der Waals surface area contributed by atoms with Crippen LogP contribution in [0.3, 0.4) is 0 Å². The van der Waals surface area contributed by atoms with Crippen molar-refractivity contribution in [3.63, 3.8) is 0 Å². The second-order valence-corrected chi connectivity index (χ2v) is 10.6. The van der Waals surface area contributed by atoms with Crippen molar-refractivity contribution in [2.24, 2.45) is 0 Å². The summed E-state index contributed by atoms with van der Waals surface area (Å²) in [5, 5.41) is 0. The van der Waals surface area contributed by atoms with Gasteiger partial charge in [-0.3, -0.25) is 4.18 Å². The van der Waals surface area contributed by atoms with Crippen LogP contribution in [0.25, 0.3) is 0 Å². The molecular formula is C24H28O7S2. The van der Waals surface area contributed by atoms with Gasteiger partial charge >= 0.3 is 0 Å². The Labute approximate surface area is 199 Å². The van der Waals surface area contributed by atoms with E-state index in [1.165, 1.54) is 11.8 Å². The summed E-state index contributed by atoms with van der Waals surface area (Å²) in [6, 6.07) is 19.3. The smallest absolute Gasteiger partial charge is 0.264 e. The third-order valence-electron chi connectivity index (χ3n) is 5.31. The minimum absolute atomic E-state index is 0.275. The molecule has 2 aromatic carbocycles. The van der Waals surface area contributed by atoms with Gasteiger partial charge in [0.2, 0.25) is 0 Å². The zero-order valence-corrected chi connectivity index (χ0v) is 20.0. The summed E-state index contributed by atoms with van der Waals surface area (Å²) < 4.78 is 54.6. The summed E-state index contributed by atoms with van der Waals surface area (Å²) in [6.45, 7) is 4.31. The Morgan fingerprint density at radius 2 is 1.76 bits per heavy atom. The first-order chi connectivity index (χ1) is 15.9. The highest BCUT2D eigenvalue weighted by Gasteiger charge is 2.52. The summed E-state index contributed by atoms with van der Waals surface area (Å²) in [7, 11) is -3.79. The van der Waals surface area contributed by atoms with Crippen LogP contribution in [-0.2, 0) is 39.9 Å². The van der Waals surface area contributed by atoms with Gasteiger partial charge in [0, 0.05) is 11.3 Å². The number of benzene rings is 2. The van der Waals surface area contributed by atoms with Crippen molar-refractivity contribution < 1.29 is 31.5 Å². The zero-order valence-electron chi connectivity index (χ0n) is 18.3. The molecule has 2 aliphatic rings. The highest BCUT2D eigenvalue weighted by molar-refractivity contribution is 8.00. The van der Waals surface area contributed by atoms with E-state index in [0.29, 0.717) is 5.75 Å². The lowest BCUT2D eigenvalue weighted by molar-refractivity contribution is -0.322. The molecule has 33 heavy (non-hydrogen) atoms. The molecule has 2 aliphatic heterocycles. The summed E-state index contributed by atoms with van der Waals surface area (Å²) in [5.41, 5.74) is 1.22. The first-order valence-electron chi connectivity index (χ1n) is 10.7. The standard InChI is InChI=1S/C24H28O7S2/c1-3-14-32-24-22(31-33(2,25)26)21(27-15-17-10-6-4-7-11-17)20-19(29-24)16-28-23(30-20)18-12-8-5-9-13-18/h3-13,19-24H,1,14-16H2,2H3/t19?,20-,21?,22?,23?,24+/m1/s1. The van der Waals surface area contributed by atoms with Crippen LogP contribution in [-0.4, -0.2) is 56.9 Å². The fourth-order valence-corrected chi connectivity index (χ4v) is 5.52. The molecule has 0 radical (unpaired) electrons. The van der Waals surface area contributed by atoms with E-state index in [2.05, 4.69) is 6.58 Å². The molecule has 6 atom stereocenters. The third kappa shape index (κ3) is 6.45. The number of rotatable bonds is 9. The van der Waals surface area contributed by atoms with E-state index in [9.17, 15) is 8.42 Å². The van der Waals surface area contributed by atoms with Crippen molar-refractivity contribution in [3.8, 4) is 0 Å². The Bertz CT molecular complexity index is 1000. The van der Waals surface area contributed by atoms with Crippen molar-refractivity contribution in [1.29, 1.82) is 0 Å². The molecule has 0 spiro atoms. The minimum atomic E-state index is -3.79. The van der Waals surface area contributed by atoms with Crippen molar-refractivity contribution in [1.82, 2.24) is 0 Å². The maximum absolute atomic E-state index is 12.2. The molecular weight excluding hydrogens is 464 g/mol. The zero-order chi connectivity index (χ0) is 23.3. The summed E-state index contributed by atoms with van der Waals surface area (Å²) in [4.78, 5) is 0. The summed E-state index contributed by atoms with van der Waals surface area (Å²) >= 11 is 1.40. The van der Waals surface area contributed by atoms with Crippen molar-refractivity contribution in [2.75, 3.05) is 18.6 Å². The molecule has 9 heteroatoms. The normalized spacial score (nSPS) is 29.8. The second-order valence-electron chi connectivity index (χ2n) is 7.87. The van der Waals surface area contributed by atoms with Crippen LogP contribution < -0.4 is 0 Å². The van der Waals surface area contributed by atoms with Crippen LogP contribution in [0.1, 0.15) is 17.4 Å². The number of thioether (sulfide) groups is 1. The molecule has 0 aromatic heterocycles. The molecule has 0 aliphatic carbocycles. The van der Waals surface area contributed by atoms with Gasteiger partial charge in [0.05, 0.1) is 19.5 Å². The van der Waals surface area contributed by atoms with Crippen LogP contribution in [0.15, 0.2) is 73.3 Å². The molecule has 4 rings (SSSR count). The van der Waals surface area contributed by atoms with Gasteiger partial charge in [-0.1, -0.05) is 66.7 Å². The van der Waals surface area contributed by atoms with Crippen LogP contribution in [0.2, 0.25) is 0 Å². The Balaban J connectivity index is 1.62. The predicted octanol–water partition coefficient (Wildman–Crippen LogP) is 3.67. The maximum atomic E-state index is 12.2. The molecule has 178 valence electrons. The number of hydrogen-bond donors (Lipinski definition) is 0. The van der Waals surface area contributed by atoms with Crippen LogP contribution >= 0.6 is 11.8 Å². The second kappa shape index (κ2) is 11.1. The third-order valence-corrected chi connectivity index (χ3v) is 7.01. The van der Waals surface area contributed by atoms with Gasteiger partial charge in [-0.15, -0.1) is 18.3 Å². The molecule has 2 fully saturated rings. The predicted molar refractivity (Wildman–Crippen MR) is 126 cm³/mol. The average molecular weight is 493 g/mol. The molecule has 7 nitrogen and oxygen atoms in total. The van der Waals surface area contributed by atoms with E-state index in [0.717, 1.165) is 17.4 Å². The first-order valence-corrected chi connectivity index (χ1v) is 13.5. The molecule has 4 unspecified atom stereocenters. The highest BCUT2D eigenvalue weighted by Crippen LogP contribution is 2.39. The molecule has 2 heterocycles. The van der Waals surface area contributed by atoms with Crippen molar-refractivity contribution >= 4 is 21.9 Å². The SMILES string of the molecule is C=CCS[C@@H]1OC2COC(c3ccccc3)O[C@H]2C(OCc2ccccc2)C1OS(C)(=O)=O. The van der Waals surface area contributed by atoms with Gasteiger partial charge in [-0.25, -0.2) is 0 Å².